The molecule has 1 aliphatic rings. The third-order valence-corrected chi connectivity index (χ3v) is 3.14. The first-order chi connectivity index (χ1) is 4.02. The predicted molar refractivity (Wildman–Crippen MR) is 37.6 cm³/mol. The van der Waals surface area contributed by atoms with Gasteiger partial charge in [-0.1, -0.05) is 0 Å². The molecule has 0 amide bonds. The zero-order chi connectivity index (χ0) is 7.07. The quantitative estimate of drug-likeness (QED) is 0.493. The van der Waals surface area contributed by atoms with E-state index in [-0.39, 0.29) is 0 Å². The molecule has 0 saturated carbocycles. The number of hydrogen-bond acceptors (Lipinski definition) is 3. The Kier molecular flexibility index (Phi) is 1.73. The molecule has 9 heavy (non-hydrogen) atoms. The lowest BCUT2D eigenvalue weighted by Crippen LogP contribution is -2.23. The maximum Gasteiger partial charge on any atom is 0.511 e. The number of carbonyl (C=O) groups is 1. The second-order valence-electron chi connectivity index (χ2n) is 1.77. The fourth-order valence-electron chi connectivity index (χ4n) is 0.423. The molecule has 3 nitrogen and oxygen atoms in total. The highest BCUT2D eigenvalue weighted by atomic mass is 79.9. The van der Waals surface area contributed by atoms with E-state index >= 15 is 0 Å². The van der Waals surface area contributed by atoms with Crippen LogP contribution in [0.1, 0.15) is 6.92 Å². The highest BCUT2D eigenvalue weighted by Gasteiger charge is 2.44. The van der Waals surface area contributed by atoms with Crippen molar-refractivity contribution in [3.63, 3.8) is 0 Å². The van der Waals surface area contributed by atoms with Gasteiger partial charge in [-0.05, 0) is 38.8 Å². The zero-order valence-corrected chi connectivity index (χ0v) is 7.73. The van der Waals surface area contributed by atoms with Crippen molar-refractivity contribution in [2.75, 3.05) is 0 Å². The Hall–Kier alpha value is 0.230. The Labute approximate surface area is 69.0 Å². The SMILES string of the molecule is CC1(Br)OC(=O)OC1Br. The molecule has 0 aromatic heterocycles. The molecule has 0 aliphatic carbocycles. The minimum absolute atomic E-state index is 0.405. The van der Waals surface area contributed by atoms with Gasteiger partial charge < -0.3 is 9.47 Å². The number of alkyl halides is 2. The second kappa shape index (κ2) is 2.12. The molecule has 1 fully saturated rings. The number of ether oxygens (including phenoxy) is 2. The number of rotatable bonds is 0. The van der Waals surface area contributed by atoms with Crippen molar-refractivity contribution in [2.45, 2.75) is 16.4 Å². The van der Waals surface area contributed by atoms with Crippen LogP contribution in [0, 0.1) is 0 Å². The number of halogens is 2. The van der Waals surface area contributed by atoms with Crippen molar-refractivity contribution in [3.8, 4) is 0 Å². The summed E-state index contributed by atoms with van der Waals surface area (Å²) < 4.78 is 8.54. The minimum Gasteiger partial charge on any atom is -0.414 e. The Balaban J connectivity index is 2.69. The van der Waals surface area contributed by atoms with Gasteiger partial charge in [0.15, 0.2) is 0 Å². The predicted octanol–water partition coefficient (Wildman–Crippen LogP) is 1.99. The zero-order valence-electron chi connectivity index (χ0n) is 4.56. The topological polar surface area (TPSA) is 35.5 Å². The fourth-order valence-corrected chi connectivity index (χ4v) is 0.895. The normalized spacial score (nSPS) is 42.1. The van der Waals surface area contributed by atoms with Crippen molar-refractivity contribution < 1.29 is 14.3 Å². The molecule has 5 heteroatoms. The van der Waals surface area contributed by atoms with Crippen LogP contribution in [0.15, 0.2) is 0 Å². The molecule has 1 saturated heterocycles. The number of cyclic esters (lactones) is 2. The average molecular weight is 260 g/mol. The van der Waals surface area contributed by atoms with Crippen LogP contribution in [0.25, 0.3) is 0 Å². The van der Waals surface area contributed by atoms with Crippen LogP contribution in [0.3, 0.4) is 0 Å². The molecular formula is C4H4Br2O3. The molecular weight excluding hydrogens is 256 g/mol. The summed E-state index contributed by atoms with van der Waals surface area (Å²) in [7, 11) is 0. The standard InChI is InChI=1S/C4H4Br2O3/c1-4(6)2(5)8-3(7)9-4/h2H,1H3. The minimum atomic E-state index is -0.718. The largest absolute Gasteiger partial charge is 0.511 e. The summed E-state index contributed by atoms with van der Waals surface area (Å²) >= 11 is 6.22. The molecule has 0 spiro atoms. The molecule has 0 N–H and O–H groups in total. The first-order valence-corrected chi connectivity index (χ1v) is 3.96. The lowest BCUT2D eigenvalue weighted by molar-refractivity contribution is 0.116. The van der Waals surface area contributed by atoms with Gasteiger partial charge in [0.2, 0.25) is 9.52 Å². The van der Waals surface area contributed by atoms with Crippen molar-refractivity contribution in [1.29, 1.82) is 0 Å². The van der Waals surface area contributed by atoms with Crippen molar-refractivity contribution in [2.24, 2.45) is 0 Å². The summed E-state index contributed by atoms with van der Waals surface area (Å²) in [5.74, 6) is 0. The van der Waals surface area contributed by atoms with E-state index in [0.29, 0.717) is 0 Å². The summed E-state index contributed by atoms with van der Waals surface area (Å²) in [6.07, 6.45) is -0.656. The molecule has 1 aliphatic heterocycles. The van der Waals surface area contributed by atoms with Gasteiger partial charge >= 0.3 is 6.16 Å². The molecule has 0 aromatic carbocycles. The Morgan fingerprint density at radius 3 is 2.44 bits per heavy atom. The molecule has 1 rings (SSSR count). The third-order valence-electron chi connectivity index (χ3n) is 0.888. The van der Waals surface area contributed by atoms with Crippen LogP contribution in [0.4, 0.5) is 4.79 Å². The number of hydrogen-bond donors (Lipinski definition) is 0. The highest BCUT2D eigenvalue weighted by Crippen LogP contribution is 2.35. The van der Waals surface area contributed by atoms with Gasteiger partial charge in [0.1, 0.15) is 0 Å². The monoisotopic (exact) mass is 258 g/mol. The lowest BCUT2D eigenvalue weighted by Gasteiger charge is -2.12. The fraction of sp³-hybridized carbons (Fsp3) is 0.750. The van der Waals surface area contributed by atoms with Crippen LogP contribution >= 0.6 is 31.9 Å². The van der Waals surface area contributed by atoms with E-state index in [0.717, 1.165) is 0 Å². The second-order valence-corrected chi connectivity index (χ2v) is 4.18. The van der Waals surface area contributed by atoms with E-state index in [1.807, 2.05) is 0 Å². The first-order valence-electron chi connectivity index (χ1n) is 2.25. The van der Waals surface area contributed by atoms with Crippen molar-refractivity contribution in [3.05, 3.63) is 0 Å². The molecule has 2 atom stereocenters. The smallest absolute Gasteiger partial charge is 0.414 e. The van der Waals surface area contributed by atoms with E-state index in [1.54, 1.807) is 6.92 Å². The van der Waals surface area contributed by atoms with Crippen molar-refractivity contribution in [1.82, 2.24) is 0 Å². The Bertz CT molecular complexity index is 145. The summed E-state index contributed by atoms with van der Waals surface area (Å²) in [4.78, 5) is 10.4. The lowest BCUT2D eigenvalue weighted by atomic mass is 10.4. The van der Waals surface area contributed by atoms with Crippen LogP contribution in [0.2, 0.25) is 0 Å². The highest BCUT2D eigenvalue weighted by molar-refractivity contribution is 9.12. The molecule has 0 aromatic rings. The van der Waals surface area contributed by atoms with Crippen LogP contribution < -0.4 is 0 Å². The van der Waals surface area contributed by atoms with Gasteiger partial charge in [-0.15, -0.1) is 0 Å². The van der Waals surface area contributed by atoms with E-state index in [9.17, 15) is 4.79 Å². The van der Waals surface area contributed by atoms with Gasteiger partial charge in [0, 0.05) is 0 Å². The van der Waals surface area contributed by atoms with E-state index < -0.39 is 15.7 Å². The van der Waals surface area contributed by atoms with Gasteiger partial charge in [-0.3, -0.25) is 0 Å². The summed E-state index contributed by atoms with van der Waals surface area (Å²) in [6, 6.07) is 0. The molecule has 0 bridgehead atoms. The van der Waals surface area contributed by atoms with Gasteiger partial charge in [-0.2, -0.15) is 0 Å². The summed E-state index contributed by atoms with van der Waals surface area (Å²) in [6.45, 7) is 1.69. The van der Waals surface area contributed by atoms with Gasteiger partial charge in [0.25, 0.3) is 0 Å². The maximum atomic E-state index is 10.4. The van der Waals surface area contributed by atoms with Crippen LogP contribution in [-0.2, 0) is 9.47 Å². The van der Waals surface area contributed by atoms with E-state index in [4.69, 9.17) is 0 Å². The molecule has 2 unspecified atom stereocenters. The van der Waals surface area contributed by atoms with Crippen molar-refractivity contribution >= 4 is 38.0 Å². The molecule has 0 radical (unpaired) electrons. The van der Waals surface area contributed by atoms with E-state index in [2.05, 4.69) is 41.3 Å². The maximum absolute atomic E-state index is 10.4. The number of carbonyl (C=O) groups excluding carboxylic acids is 1. The summed E-state index contributed by atoms with van der Waals surface area (Å²) in [5, 5.41) is -0.405. The molecule has 52 valence electrons. The van der Waals surface area contributed by atoms with Gasteiger partial charge in [-0.25, -0.2) is 4.79 Å². The third kappa shape index (κ3) is 1.38. The van der Waals surface area contributed by atoms with E-state index in [1.165, 1.54) is 0 Å². The van der Waals surface area contributed by atoms with Gasteiger partial charge in [0.05, 0.1) is 0 Å². The van der Waals surface area contributed by atoms with Crippen LogP contribution in [0.5, 0.6) is 0 Å². The first kappa shape index (κ1) is 7.34. The average Bonchev–Trinajstić information content (AvgIpc) is 1.79. The molecule has 1 heterocycles. The summed E-state index contributed by atoms with van der Waals surface area (Å²) in [5.41, 5.74) is 0. The van der Waals surface area contributed by atoms with Crippen LogP contribution in [-0.4, -0.2) is 15.7 Å². The Morgan fingerprint density at radius 1 is 1.78 bits per heavy atom. The Morgan fingerprint density at radius 2 is 2.33 bits per heavy atom.